The summed E-state index contributed by atoms with van der Waals surface area (Å²) in [7, 11) is 3.42. The summed E-state index contributed by atoms with van der Waals surface area (Å²) in [6, 6.07) is 16.4. The zero-order valence-electron chi connectivity index (χ0n) is 25.7. The average Bonchev–Trinajstić information content (AvgIpc) is 2.89. The molecule has 0 fully saturated rings. The SMILES string of the molecule is CN[C@H](C(=O)NC(C(=O)N(C)[C@H](/C=C(\C)C(=O)O)C(C)C)C(C)(C)C)C(C)(C)c1cccc(-c2ccccc2)c1. The summed E-state index contributed by atoms with van der Waals surface area (Å²) in [6.45, 7) is 15.2. The molecule has 2 rings (SSSR count). The van der Waals surface area contributed by atoms with Gasteiger partial charge in [0, 0.05) is 18.0 Å². The molecule has 0 saturated carbocycles. The summed E-state index contributed by atoms with van der Waals surface area (Å²) in [5.41, 5.74) is 2.12. The van der Waals surface area contributed by atoms with E-state index in [4.69, 9.17) is 0 Å². The fourth-order valence-corrected chi connectivity index (χ4v) is 5.02. The van der Waals surface area contributed by atoms with Crippen molar-refractivity contribution in [1.29, 1.82) is 0 Å². The number of carboxylic acids is 1. The van der Waals surface area contributed by atoms with Gasteiger partial charge in [-0.2, -0.15) is 0 Å². The number of nitrogens with one attached hydrogen (secondary N) is 2. The Kier molecular flexibility index (Phi) is 10.9. The highest BCUT2D eigenvalue weighted by atomic mass is 16.4. The maximum atomic E-state index is 13.9. The van der Waals surface area contributed by atoms with Crippen LogP contribution in [-0.2, 0) is 19.8 Å². The van der Waals surface area contributed by atoms with Crippen LogP contribution in [0.1, 0.15) is 61.0 Å². The zero-order chi connectivity index (χ0) is 30.4. The van der Waals surface area contributed by atoms with Crippen molar-refractivity contribution in [1.82, 2.24) is 15.5 Å². The molecule has 1 unspecified atom stereocenters. The second kappa shape index (κ2) is 13.3. The quantitative estimate of drug-likeness (QED) is 0.332. The zero-order valence-corrected chi connectivity index (χ0v) is 25.7. The van der Waals surface area contributed by atoms with Crippen LogP contribution in [0, 0.1) is 11.3 Å². The summed E-state index contributed by atoms with van der Waals surface area (Å²) in [6.07, 6.45) is 1.60. The van der Waals surface area contributed by atoms with Gasteiger partial charge in [0.1, 0.15) is 6.04 Å². The fourth-order valence-electron chi connectivity index (χ4n) is 5.02. The first-order chi connectivity index (χ1) is 18.5. The van der Waals surface area contributed by atoms with Crippen LogP contribution in [0.15, 0.2) is 66.2 Å². The summed E-state index contributed by atoms with van der Waals surface area (Å²) in [5.74, 6) is -1.60. The Morgan fingerprint density at radius 1 is 0.900 bits per heavy atom. The van der Waals surface area contributed by atoms with Gasteiger partial charge in [-0.15, -0.1) is 0 Å². The van der Waals surface area contributed by atoms with Gasteiger partial charge in [0.2, 0.25) is 11.8 Å². The first-order valence-electron chi connectivity index (χ1n) is 13.8. The molecule has 40 heavy (non-hydrogen) atoms. The van der Waals surface area contributed by atoms with Gasteiger partial charge in [-0.1, -0.05) is 109 Å². The van der Waals surface area contributed by atoms with Crippen LogP contribution in [0.4, 0.5) is 0 Å². The Labute approximate surface area is 240 Å². The van der Waals surface area contributed by atoms with Crippen LogP contribution in [-0.4, -0.2) is 60.0 Å². The van der Waals surface area contributed by atoms with Crippen molar-refractivity contribution in [2.75, 3.05) is 14.1 Å². The first kappa shape index (κ1) is 32.8. The Balaban J connectivity index is 2.39. The normalized spacial score (nSPS) is 14.8. The molecular weight excluding hydrogens is 502 g/mol. The molecule has 3 N–H and O–H groups in total. The number of hydrogen-bond donors (Lipinski definition) is 3. The van der Waals surface area contributed by atoms with E-state index in [1.165, 1.54) is 6.92 Å². The van der Waals surface area contributed by atoms with Gasteiger partial charge < -0.3 is 20.6 Å². The number of carbonyl (C=O) groups is 3. The third-order valence-corrected chi connectivity index (χ3v) is 7.62. The number of carbonyl (C=O) groups excluding carboxylic acids is 2. The molecule has 0 aliphatic rings. The van der Waals surface area contributed by atoms with E-state index in [0.29, 0.717) is 0 Å². The van der Waals surface area contributed by atoms with Crippen LogP contribution in [0.2, 0.25) is 0 Å². The topological polar surface area (TPSA) is 98.7 Å². The molecule has 7 nitrogen and oxygen atoms in total. The van der Waals surface area contributed by atoms with Crippen molar-refractivity contribution >= 4 is 17.8 Å². The molecule has 2 aromatic rings. The summed E-state index contributed by atoms with van der Waals surface area (Å²) < 4.78 is 0. The van der Waals surface area contributed by atoms with Crippen molar-refractivity contribution in [3.8, 4) is 11.1 Å². The van der Waals surface area contributed by atoms with E-state index < -0.39 is 34.9 Å². The molecule has 2 amide bonds. The van der Waals surface area contributed by atoms with Crippen LogP contribution in [0.3, 0.4) is 0 Å². The van der Waals surface area contributed by atoms with Gasteiger partial charge in [-0.3, -0.25) is 9.59 Å². The van der Waals surface area contributed by atoms with Gasteiger partial charge in [-0.25, -0.2) is 4.79 Å². The molecule has 3 atom stereocenters. The number of amides is 2. The molecule has 0 bridgehead atoms. The molecule has 7 heteroatoms. The van der Waals surface area contributed by atoms with E-state index in [-0.39, 0.29) is 23.3 Å². The molecule has 0 aliphatic carbocycles. The van der Waals surface area contributed by atoms with Crippen molar-refractivity contribution in [2.24, 2.45) is 11.3 Å². The van der Waals surface area contributed by atoms with Crippen LogP contribution in [0.5, 0.6) is 0 Å². The molecule has 0 heterocycles. The van der Waals surface area contributed by atoms with Gasteiger partial charge in [-0.05, 0) is 42.0 Å². The Bertz CT molecular complexity index is 1210. The smallest absolute Gasteiger partial charge is 0.331 e. The Hall–Kier alpha value is -3.45. The fraction of sp³-hybridized carbons (Fsp3) is 0.485. The number of carboxylic acid groups (broad SMARTS) is 1. The van der Waals surface area contributed by atoms with Crippen LogP contribution < -0.4 is 10.6 Å². The number of nitrogens with zero attached hydrogens (tertiary/aromatic N) is 1. The second-order valence-electron chi connectivity index (χ2n) is 12.5. The average molecular weight is 550 g/mol. The van der Waals surface area contributed by atoms with Gasteiger partial charge >= 0.3 is 5.97 Å². The predicted octanol–water partition coefficient (Wildman–Crippen LogP) is 5.26. The van der Waals surface area contributed by atoms with E-state index in [2.05, 4.69) is 34.9 Å². The van der Waals surface area contributed by atoms with E-state index in [1.54, 1.807) is 25.1 Å². The standard InChI is InChI=1S/C33H47N3O4/c1-21(2)26(19-22(3)31(39)40)36(10)30(38)28(32(4,5)6)35-29(37)27(34-9)33(7,8)25-18-14-17-24(20-25)23-15-12-11-13-16-23/h11-21,26-28,34H,1-10H3,(H,35,37)(H,39,40)/b22-19+/t26-,27-,28?/m1/s1. The van der Waals surface area contributed by atoms with Crippen LogP contribution >= 0.6 is 0 Å². The minimum atomic E-state index is -1.03. The summed E-state index contributed by atoms with van der Waals surface area (Å²) in [4.78, 5) is 40.8. The predicted molar refractivity (Wildman–Crippen MR) is 162 cm³/mol. The lowest BCUT2D eigenvalue weighted by atomic mass is 9.76. The van der Waals surface area contributed by atoms with E-state index in [9.17, 15) is 19.5 Å². The largest absolute Gasteiger partial charge is 0.478 e. The van der Waals surface area contributed by atoms with E-state index in [0.717, 1.165) is 16.7 Å². The Morgan fingerprint density at radius 2 is 1.48 bits per heavy atom. The molecule has 0 aromatic heterocycles. The highest BCUT2D eigenvalue weighted by molar-refractivity contribution is 5.91. The lowest BCUT2D eigenvalue weighted by Crippen LogP contribution is -2.61. The molecule has 0 radical (unpaired) electrons. The Morgan fingerprint density at radius 3 is 1.98 bits per heavy atom. The lowest BCUT2D eigenvalue weighted by Gasteiger charge is -2.40. The van der Waals surface area contributed by atoms with Crippen molar-refractivity contribution in [3.63, 3.8) is 0 Å². The lowest BCUT2D eigenvalue weighted by molar-refractivity contribution is -0.141. The third-order valence-electron chi connectivity index (χ3n) is 7.62. The van der Waals surface area contributed by atoms with Gasteiger partial charge in [0.05, 0.1) is 12.1 Å². The van der Waals surface area contributed by atoms with Crippen LogP contribution in [0.25, 0.3) is 11.1 Å². The second-order valence-corrected chi connectivity index (χ2v) is 12.5. The van der Waals surface area contributed by atoms with Gasteiger partial charge in [0.25, 0.3) is 0 Å². The number of hydrogen-bond acceptors (Lipinski definition) is 4. The molecule has 2 aromatic carbocycles. The molecule has 0 spiro atoms. The van der Waals surface area contributed by atoms with E-state index >= 15 is 0 Å². The minimum Gasteiger partial charge on any atom is -0.478 e. The highest BCUT2D eigenvalue weighted by Gasteiger charge is 2.41. The summed E-state index contributed by atoms with van der Waals surface area (Å²) in [5, 5.41) is 15.6. The molecular formula is C33H47N3O4. The number of benzene rings is 2. The van der Waals surface area contributed by atoms with Crippen molar-refractivity contribution < 1.29 is 19.5 Å². The number of rotatable bonds is 11. The number of likely N-dealkylation sites (N-methyl/N-ethyl adjacent to an activating group) is 2. The maximum absolute atomic E-state index is 13.9. The summed E-state index contributed by atoms with van der Waals surface area (Å²) >= 11 is 0. The first-order valence-corrected chi connectivity index (χ1v) is 13.8. The maximum Gasteiger partial charge on any atom is 0.331 e. The van der Waals surface area contributed by atoms with E-state index in [1.807, 2.05) is 78.8 Å². The molecule has 218 valence electrons. The van der Waals surface area contributed by atoms with Gasteiger partial charge in [0.15, 0.2) is 0 Å². The minimum absolute atomic E-state index is 0.0274. The molecule has 0 aliphatic heterocycles. The van der Waals surface area contributed by atoms with Crippen molar-refractivity contribution in [3.05, 3.63) is 71.8 Å². The monoisotopic (exact) mass is 549 g/mol. The van der Waals surface area contributed by atoms with Crippen molar-refractivity contribution in [2.45, 2.75) is 78.9 Å². The number of aliphatic carboxylic acids is 1. The molecule has 0 saturated heterocycles. The highest BCUT2D eigenvalue weighted by Crippen LogP contribution is 2.32. The third kappa shape index (κ3) is 7.81.